The second-order valence-corrected chi connectivity index (χ2v) is 11.8. The predicted molar refractivity (Wildman–Crippen MR) is 119 cm³/mol. The molecule has 3 heterocycles. The number of hydrogen-bond acceptors (Lipinski definition) is 7. The predicted octanol–water partition coefficient (Wildman–Crippen LogP) is 0.582. The Labute approximate surface area is 187 Å². The van der Waals surface area contributed by atoms with Gasteiger partial charge in [-0.1, -0.05) is 12.1 Å². The average molecular weight is 468 g/mol. The molecule has 10 heteroatoms. The first kappa shape index (κ1) is 22.6. The summed E-state index contributed by atoms with van der Waals surface area (Å²) in [5.41, 5.74) is 0.634. The van der Waals surface area contributed by atoms with Crippen LogP contribution in [0.4, 0.5) is 0 Å². The number of morpholine rings is 1. The Hall–Kier alpha value is -1.62. The van der Waals surface area contributed by atoms with Crippen molar-refractivity contribution in [1.82, 2.24) is 14.7 Å². The smallest absolute Gasteiger partial charge is 0.255 e. The summed E-state index contributed by atoms with van der Waals surface area (Å²) in [5.74, 6) is 0.501. The molecule has 1 aromatic carbocycles. The zero-order valence-electron chi connectivity index (χ0n) is 17.6. The normalized spacial score (nSPS) is 24.3. The third kappa shape index (κ3) is 5.79. The highest BCUT2D eigenvalue weighted by atomic mass is 32.2. The zero-order valence-corrected chi connectivity index (χ0v) is 19.2. The molecule has 3 aliphatic rings. The van der Waals surface area contributed by atoms with Crippen molar-refractivity contribution in [2.75, 3.05) is 70.5 Å². The topological polar surface area (TPSA) is 87.2 Å². The van der Waals surface area contributed by atoms with Gasteiger partial charge in [0, 0.05) is 49.4 Å². The van der Waals surface area contributed by atoms with Gasteiger partial charge < -0.3 is 14.5 Å². The number of amides is 2. The lowest BCUT2D eigenvalue weighted by atomic mass is 10.1. The third-order valence-electron chi connectivity index (χ3n) is 5.98. The van der Waals surface area contributed by atoms with Crippen LogP contribution in [0.2, 0.25) is 0 Å². The van der Waals surface area contributed by atoms with Gasteiger partial charge in [0.25, 0.3) is 5.91 Å². The number of carbonyl (C=O) groups is 2. The van der Waals surface area contributed by atoms with Crippen LogP contribution >= 0.6 is 11.8 Å². The van der Waals surface area contributed by atoms with E-state index < -0.39 is 9.84 Å². The Kier molecular flexibility index (Phi) is 7.20. The second kappa shape index (κ2) is 9.89. The van der Waals surface area contributed by atoms with Crippen LogP contribution in [0.3, 0.4) is 0 Å². The van der Waals surface area contributed by atoms with Gasteiger partial charge in [0.05, 0.1) is 36.8 Å². The molecule has 8 nitrogen and oxygen atoms in total. The number of carbonyl (C=O) groups excluding carboxylic acids is 2. The van der Waals surface area contributed by atoms with Crippen molar-refractivity contribution in [2.24, 2.45) is 0 Å². The number of thioether (sulfide) groups is 1. The second-order valence-electron chi connectivity index (χ2n) is 8.20. The first-order chi connectivity index (χ1) is 14.9. The molecule has 1 aromatic rings. The highest BCUT2D eigenvalue weighted by molar-refractivity contribution is 8.02. The summed E-state index contributed by atoms with van der Waals surface area (Å²) in [6.07, 6.45) is 0.630. The van der Waals surface area contributed by atoms with Gasteiger partial charge in [-0.3, -0.25) is 14.5 Å². The summed E-state index contributed by atoms with van der Waals surface area (Å²) < 4.78 is 28.9. The molecule has 4 rings (SSSR count). The standard InChI is InChI=1S/C21H29N3O5S2/c25-20(23-10-12-29-13-11-23)15-22-6-8-24(9-7-22)21(26)18-3-1-2-4-19(18)30-17-5-14-31(27,28)16-17/h1-4,17H,5-16H2. The summed E-state index contributed by atoms with van der Waals surface area (Å²) in [5, 5.41) is 0.00185. The minimum Gasteiger partial charge on any atom is -0.378 e. The molecule has 0 saturated carbocycles. The number of nitrogens with zero attached hydrogens (tertiary/aromatic N) is 3. The molecule has 3 aliphatic heterocycles. The lowest BCUT2D eigenvalue weighted by molar-refractivity contribution is -0.136. The van der Waals surface area contributed by atoms with Crippen molar-refractivity contribution in [3.05, 3.63) is 29.8 Å². The first-order valence-electron chi connectivity index (χ1n) is 10.7. The van der Waals surface area contributed by atoms with Gasteiger partial charge in [-0.05, 0) is 18.6 Å². The molecule has 1 unspecified atom stereocenters. The third-order valence-corrected chi connectivity index (χ3v) is 9.31. The molecule has 31 heavy (non-hydrogen) atoms. The summed E-state index contributed by atoms with van der Waals surface area (Å²) in [6.45, 7) is 5.34. The largest absolute Gasteiger partial charge is 0.378 e. The van der Waals surface area contributed by atoms with Gasteiger partial charge in [0.2, 0.25) is 5.91 Å². The van der Waals surface area contributed by atoms with Crippen LogP contribution in [-0.2, 0) is 19.4 Å². The summed E-state index contributed by atoms with van der Waals surface area (Å²) >= 11 is 1.50. The van der Waals surface area contributed by atoms with E-state index in [1.54, 1.807) is 0 Å². The summed E-state index contributed by atoms with van der Waals surface area (Å²) in [4.78, 5) is 32.3. The van der Waals surface area contributed by atoms with E-state index in [0.717, 1.165) is 4.90 Å². The van der Waals surface area contributed by atoms with Gasteiger partial charge in [-0.15, -0.1) is 11.8 Å². The van der Waals surface area contributed by atoms with E-state index in [1.807, 2.05) is 34.1 Å². The number of ether oxygens (including phenoxy) is 1. The Morgan fingerprint density at radius 3 is 2.39 bits per heavy atom. The lowest BCUT2D eigenvalue weighted by Crippen LogP contribution is -2.52. The molecule has 170 valence electrons. The van der Waals surface area contributed by atoms with Gasteiger partial charge >= 0.3 is 0 Å². The van der Waals surface area contributed by atoms with E-state index >= 15 is 0 Å². The highest BCUT2D eigenvalue weighted by Gasteiger charge is 2.31. The Morgan fingerprint density at radius 1 is 1.00 bits per heavy atom. The Bertz CT molecular complexity index is 909. The zero-order chi connectivity index (χ0) is 21.8. The first-order valence-corrected chi connectivity index (χ1v) is 13.4. The van der Waals surface area contributed by atoms with Crippen LogP contribution in [0.1, 0.15) is 16.8 Å². The molecule has 0 radical (unpaired) electrons. The van der Waals surface area contributed by atoms with E-state index in [1.165, 1.54) is 11.8 Å². The van der Waals surface area contributed by atoms with Gasteiger partial charge in [0.1, 0.15) is 0 Å². The van der Waals surface area contributed by atoms with Crippen molar-refractivity contribution in [3.63, 3.8) is 0 Å². The molecule has 1 atom stereocenters. The Balaban J connectivity index is 1.32. The monoisotopic (exact) mass is 467 g/mol. The summed E-state index contributed by atoms with van der Waals surface area (Å²) in [6, 6.07) is 7.46. The van der Waals surface area contributed by atoms with Crippen molar-refractivity contribution in [2.45, 2.75) is 16.6 Å². The number of benzene rings is 1. The highest BCUT2D eigenvalue weighted by Crippen LogP contribution is 2.33. The molecule has 0 N–H and O–H groups in total. The van der Waals surface area contributed by atoms with Crippen LogP contribution in [0.25, 0.3) is 0 Å². The molecular formula is C21H29N3O5S2. The fourth-order valence-corrected chi connectivity index (χ4v) is 7.78. The molecule has 0 aliphatic carbocycles. The molecule has 2 amide bonds. The van der Waals surface area contributed by atoms with E-state index in [4.69, 9.17) is 4.74 Å². The Morgan fingerprint density at radius 2 is 1.71 bits per heavy atom. The average Bonchev–Trinajstić information content (AvgIpc) is 3.13. The number of piperazine rings is 1. The van der Waals surface area contributed by atoms with Crippen molar-refractivity contribution in [3.8, 4) is 0 Å². The van der Waals surface area contributed by atoms with Crippen molar-refractivity contribution >= 4 is 33.4 Å². The maximum Gasteiger partial charge on any atom is 0.255 e. The minimum absolute atomic E-state index is 0.00185. The molecule has 0 spiro atoms. The molecule has 0 aromatic heterocycles. The molecule has 0 bridgehead atoms. The fourth-order valence-electron chi connectivity index (χ4n) is 4.16. The van der Waals surface area contributed by atoms with Crippen LogP contribution in [0, 0.1) is 0 Å². The fraction of sp³-hybridized carbons (Fsp3) is 0.619. The van der Waals surface area contributed by atoms with Crippen LogP contribution in [0.5, 0.6) is 0 Å². The molecular weight excluding hydrogens is 438 g/mol. The van der Waals surface area contributed by atoms with Crippen LogP contribution < -0.4 is 0 Å². The number of sulfone groups is 1. The van der Waals surface area contributed by atoms with Crippen LogP contribution in [0.15, 0.2) is 29.2 Å². The van der Waals surface area contributed by atoms with E-state index in [2.05, 4.69) is 4.90 Å². The minimum atomic E-state index is -2.95. The number of hydrogen-bond donors (Lipinski definition) is 0. The van der Waals surface area contributed by atoms with Crippen LogP contribution in [-0.4, -0.2) is 111 Å². The molecule has 3 saturated heterocycles. The number of rotatable bonds is 5. The maximum atomic E-state index is 13.2. The van der Waals surface area contributed by atoms with Gasteiger partial charge in [0.15, 0.2) is 9.84 Å². The lowest BCUT2D eigenvalue weighted by Gasteiger charge is -2.36. The SMILES string of the molecule is O=C(CN1CCN(C(=O)c2ccccc2SC2CCS(=O)(=O)C2)CC1)N1CCOCC1. The van der Waals surface area contributed by atoms with Crippen molar-refractivity contribution < 1.29 is 22.7 Å². The maximum absolute atomic E-state index is 13.2. The molecule has 3 fully saturated rings. The van der Waals surface area contributed by atoms with Crippen molar-refractivity contribution in [1.29, 1.82) is 0 Å². The quantitative estimate of drug-likeness (QED) is 0.626. The van der Waals surface area contributed by atoms with E-state index in [9.17, 15) is 18.0 Å². The van der Waals surface area contributed by atoms with Gasteiger partial charge in [-0.25, -0.2) is 8.42 Å². The van der Waals surface area contributed by atoms with E-state index in [-0.39, 0.29) is 28.6 Å². The van der Waals surface area contributed by atoms with E-state index in [0.29, 0.717) is 71.0 Å². The summed E-state index contributed by atoms with van der Waals surface area (Å²) in [7, 11) is -2.95. The van der Waals surface area contributed by atoms with Gasteiger partial charge in [-0.2, -0.15) is 0 Å².